The number of rotatable bonds is 2. The maximum atomic E-state index is 9.22. The summed E-state index contributed by atoms with van der Waals surface area (Å²) in [5.74, 6) is 0.475. The van der Waals surface area contributed by atoms with Crippen molar-refractivity contribution < 1.29 is 0 Å². The van der Waals surface area contributed by atoms with Crippen LogP contribution in [0, 0.1) is 11.3 Å². The summed E-state index contributed by atoms with van der Waals surface area (Å²) in [7, 11) is 0. The van der Waals surface area contributed by atoms with Crippen molar-refractivity contribution in [2.24, 2.45) is 0 Å². The number of para-hydroxylation sites is 1. The van der Waals surface area contributed by atoms with Crippen molar-refractivity contribution >= 4 is 0 Å². The van der Waals surface area contributed by atoms with E-state index in [4.69, 9.17) is 0 Å². The second-order valence-electron chi connectivity index (χ2n) is 4.86. The molecule has 4 heteroatoms. The summed E-state index contributed by atoms with van der Waals surface area (Å²) in [6.45, 7) is 2.08. The normalized spacial score (nSPS) is 19.0. The fourth-order valence-corrected chi connectivity index (χ4v) is 2.69. The molecule has 19 heavy (non-hydrogen) atoms. The molecular formula is C15H16N4. The van der Waals surface area contributed by atoms with Crippen LogP contribution >= 0.6 is 0 Å². The minimum absolute atomic E-state index is 0.475. The van der Waals surface area contributed by atoms with E-state index in [1.165, 1.54) is 18.5 Å². The summed E-state index contributed by atoms with van der Waals surface area (Å²) in [6.07, 6.45) is 6.09. The Morgan fingerprint density at radius 3 is 3.05 bits per heavy atom. The van der Waals surface area contributed by atoms with Gasteiger partial charge in [0.15, 0.2) is 0 Å². The molecule has 4 nitrogen and oxygen atoms in total. The van der Waals surface area contributed by atoms with Crippen molar-refractivity contribution in [1.82, 2.24) is 14.9 Å². The maximum absolute atomic E-state index is 9.22. The molecule has 0 amide bonds. The number of nitriles is 1. The zero-order valence-corrected chi connectivity index (χ0v) is 10.7. The number of benzene rings is 1. The molecule has 1 atom stereocenters. The second-order valence-corrected chi connectivity index (χ2v) is 4.86. The highest BCUT2D eigenvalue weighted by Gasteiger charge is 2.20. The lowest BCUT2D eigenvalue weighted by atomic mass is 9.96. The SMILES string of the molecule is N#Cc1ccccc1-n1cncc1C1CCCNC1. The third-order valence-electron chi connectivity index (χ3n) is 3.67. The minimum Gasteiger partial charge on any atom is -0.316 e. The van der Waals surface area contributed by atoms with Gasteiger partial charge in [-0.3, -0.25) is 0 Å². The highest BCUT2D eigenvalue weighted by atomic mass is 15.1. The van der Waals surface area contributed by atoms with Gasteiger partial charge in [-0.15, -0.1) is 0 Å². The average Bonchev–Trinajstić information content (AvgIpc) is 2.97. The number of nitrogens with zero attached hydrogens (tertiary/aromatic N) is 3. The van der Waals surface area contributed by atoms with Crippen LogP contribution in [0.25, 0.3) is 5.69 Å². The van der Waals surface area contributed by atoms with Crippen LogP contribution in [0.15, 0.2) is 36.8 Å². The number of imidazole rings is 1. The van der Waals surface area contributed by atoms with Crippen LogP contribution in [0.4, 0.5) is 0 Å². The molecule has 1 fully saturated rings. The first-order valence-electron chi connectivity index (χ1n) is 6.62. The van der Waals surface area contributed by atoms with Gasteiger partial charge in [0.2, 0.25) is 0 Å². The van der Waals surface area contributed by atoms with E-state index in [-0.39, 0.29) is 0 Å². The summed E-state index contributed by atoms with van der Waals surface area (Å²) in [5.41, 5.74) is 2.79. The van der Waals surface area contributed by atoms with Crippen LogP contribution in [0.5, 0.6) is 0 Å². The molecule has 1 aromatic heterocycles. The fourth-order valence-electron chi connectivity index (χ4n) is 2.69. The highest BCUT2D eigenvalue weighted by Crippen LogP contribution is 2.26. The van der Waals surface area contributed by atoms with E-state index in [0.29, 0.717) is 11.5 Å². The molecule has 2 aromatic rings. The summed E-state index contributed by atoms with van der Waals surface area (Å²) >= 11 is 0. The molecule has 0 spiro atoms. The van der Waals surface area contributed by atoms with E-state index in [1.54, 1.807) is 6.33 Å². The summed E-state index contributed by atoms with van der Waals surface area (Å²) < 4.78 is 2.05. The Bertz CT molecular complexity index is 603. The van der Waals surface area contributed by atoms with Gasteiger partial charge in [-0.25, -0.2) is 4.98 Å². The van der Waals surface area contributed by atoms with Crippen LogP contribution in [-0.4, -0.2) is 22.6 Å². The predicted octanol–water partition coefficient (Wildman–Crippen LogP) is 2.21. The first-order chi connectivity index (χ1) is 9.40. The molecule has 96 valence electrons. The van der Waals surface area contributed by atoms with E-state index < -0.39 is 0 Å². The first kappa shape index (κ1) is 11.9. The molecule has 0 aliphatic carbocycles. The van der Waals surface area contributed by atoms with Gasteiger partial charge in [-0.05, 0) is 31.5 Å². The third kappa shape index (κ3) is 2.25. The summed E-state index contributed by atoms with van der Waals surface area (Å²) in [4.78, 5) is 4.27. The van der Waals surface area contributed by atoms with E-state index in [0.717, 1.165) is 18.8 Å². The Morgan fingerprint density at radius 1 is 1.37 bits per heavy atom. The second kappa shape index (κ2) is 5.25. The minimum atomic E-state index is 0.475. The van der Waals surface area contributed by atoms with Gasteiger partial charge in [0.05, 0.1) is 17.6 Å². The molecule has 2 heterocycles. The number of hydrogen-bond acceptors (Lipinski definition) is 3. The van der Waals surface area contributed by atoms with Crippen molar-refractivity contribution in [1.29, 1.82) is 5.26 Å². The summed E-state index contributed by atoms with van der Waals surface area (Å²) in [5, 5.41) is 12.6. The Hall–Kier alpha value is -2.12. The van der Waals surface area contributed by atoms with E-state index in [2.05, 4.69) is 20.9 Å². The van der Waals surface area contributed by atoms with Gasteiger partial charge >= 0.3 is 0 Å². The third-order valence-corrected chi connectivity index (χ3v) is 3.67. The van der Waals surface area contributed by atoms with E-state index in [9.17, 15) is 5.26 Å². The molecule has 1 aromatic carbocycles. The topological polar surface area (TPSA) is 53.6 Å². The zero-order valence-electron chi connectivity index (χ0n) is 10.7. The molecule has 1 aliphatic heterocycles. The Morgan fingerprint density at radius 2 is 2.26 bits per heavy atom. The molecule has 1 N–H and O–H groups in total. The number of hydrogen-bond donors (Lipinski definition) is 1. The van der Waals surface area contributed by atoms with Crippen molar-refractivity contribution in [3.8, 4) is 11.8 Å². The van der Waals surface area contributed by atoms with Crippen LogP contribution in [0.3, 0.4) is 0 Å². The molecular weight excluding hydrogens is 236 g/mol. The molecule has 1 saturated heterocycles. The van der Waals surface area contributed by atoms with Gasteiger partial charge in [0.1, 0.15) is 6.07 Å². The summed E-state index contributed by atoms with van der Waals surface area (Å²) in [6, 6.07) is 9.91. The van der Waals surface area contributed by atoms with Crippen molar-refractivity contribution in [3.63, 3.8) is 0 Å². The Labute approximate surface area is 112 Å². The first-order valence-corrected chi connectivity index (χ1v) is 6.62. The van der Waals surface area contributed by atoms with E-state index in [1.807, 2.05) is 30.5 Å². The smallest absolute Gasteiger partial charge is 0.101 e. The largest absolute Gasteiger partial charge is 0.316 e. The monoisotopic (exact) mass is 252 g/mol. The number of piperidine rings is 1. The number of aromatic nitrogens is 2. The van der Waals surface area contributed by atoms with Crippen LogP contribution in [-0.2, 0) is 0 Å². The zero-order chi connectivity index (χ0) is 13.1. The van der Waals surface area contributed by atoms with Gasteiger partial charge in [0.25, 0.3) is 0 Å². The van der Waals surface area contributed by atoms with Crippen LogP contribution in [0.1, 0.15) is 30.0 Å². The van der Waals surface area contributed by atoms with Crippen molar-refractivity contribution in [2.75, 3.05) is 13.1 Å². The van der Waals surface area contributed by atoms with Gasteiger partial charge in [0, 0.05) is 24.4 Å². The fraction of sp³-hybridized carbons (Fsp3) is 0.333. The van der Waals surface area contributed by atoms with Crippen LogP contribution < -0.4 is 5.32 Å². The van der Waals surface area contributed by atoms with Gasteiger partial charge in [-0.2, -0.15) is 5.26 Å². The molecule has 1 unspecified atom stereocenters. The Balaban J connectivity index is 2.02. The molecule has 3 rings (SSSR count). The van der Waals surface area contributed by atoms with Crippen molar-refractivity contribution in [2.45, 2.75) is 18.8 Å². The van der Waals surface area contributed by atoms with Crippen molar-refractivity contribution in [3.05, 3.63) is 48.0 Å². The standard InChI is InChI=1S/C15H16N4/c16-8-12-4-1-2-6-14(12)19-11-18-10-15(19)13-5-3-7-17-9-13/h1-2,4,6,10-11,13,17H,3,5,7,9H2. The Kier molecular flexibility index (Phi) is 3.30. The van der Waals surface area contributed by atoms with E-state index >= 15 is 0 Å². The maximum Gasteiger partial charge on any atom is 0.101 e. The molecule has 0 bridgehead atoms. The lowest BCUT2D eigenvalue weighted by Gasteiger charge is -2.24. The molecule has 1 aliphatic rings. The average molecular weight is 252 g/mol. The lowest BCUT2D eigenvalue weighted by molar-refractivity contribution is 0.451. The molecule has 0 radical (unpaired) electrons. The molecule has 0 saturated carbocycles. The lowest BCUT2D eigenvalue weighted by Crippen LogP contribution is -2.29. The van der Waals surface area contributed by atoms with Gasteiger partial charge < -0.3 is 9.88 Å². The highest BCUT2D eigenvalue weighted by molar-refractivity contribution is 5.49. The quantitative estimate of drug-likeness (QED) is 0.891. The van der Waals surface area contributed by atoms with Gasteiger partial charge in [-0.1, -0.05) is 12.1 Å². The predicted molar refractivity (Wildman–Crippen MR) is 73.1 cm³/mol. The number of nitrogens with one attached hydrogen (secondary N) is 1. The van der Waals surface area contributed by atoms with Crippen LogP contribution in [0.2, 0.25) is 0 Å².